The highest BCUT2D eigenvalue weighted by atomic mass is 127. The fourth-order valence-electron chi connectivity index (χ4n) is 1.68. The molecule has 0 spiro atoms. The van der Waals surface area contributed by atoms with Gasteiger partial charge in [-0.3, -0.25) is 4.98 Å². The number of hydrogen-bond acceptors (Lipinski definition) is 3. The highest BCUT2D eigenvalue weighted by molar-refractivity contribution is 14.2. The summed E-state index contributed by atoms with van der Waals surface area (Å²) >= 11 is 2.14. The van der Waals surface area contributed by atoms with E-state index in [4.69, 9.17) is 4.52 Å². The molecule has 6 heteroatoms. The zero-order valence-corrected chi connectivity index (χ0v) is 13.6. The number of aromatic nitrogens is 1. The fraction of sp³-hybridized carbons (Fsp3) is 0.583. The number of aliphatic hydroxyl groups excluding tert-OH is 1. The summed E-state index contributed by atoms with van der Waals surface area (Å²) in [6.45, 7) is 4.85. The predicted octanol–water partition coefficient (Wildman–Crippen LogP) is 4.12. The molecule has 1 rings (SSSR count). The Morgan fingerprint density at radius 1 is 1.56 bits per heavy atom. The van der Waals surface area contributed by atoms with Crippen LogP contribution in [-0.4, -0.2) is 16.7 Å². The molecule has 0 bridgehead atoms. The van der Waals surface area contributed by atoms with Gasteiger partial charge in [-0.25, -0.2) is 4.39 Å². The van der Waals surface area contributed by atoms with Gasteiger partial charge in [-0.05, 0) is 52.4 Å². The van der Waals surface area contributed by atoms with E-state index >= 15 is 0 Å². The van der Waals surface area contributed by atoms with Gasteiger partial charge in [-0.15, -0.1) is 0 Å². The zero-order chi connectivity index (χ0) is 13.5. The molecule has 1 N–H and O–H groups in total. The molecule has 18 heavy (non-hydrogen) atoms. The van der Waals surface area contributed by atoms with E-state index in [9.17, 15) is 9.50 Å². The lowest BCUT2D eigenvalue weighted by Crippen LogP contribution is -2.08. The molecule has 0 aliphatic heterocycles. The van der Waals surface area contributed by atoms with Gasteiger partial charge in [-0.2, -0.15) is 0 Å². The van der Waals surface area contributed by atoms with Crippen LogP contribution in [0, 0.1) is 5.82 Å². The van der Waals surface area contributed by atoms with Crippen LogP contribution in [0.1, 0.15) is 50.0 Å². The molecule has 0 aromatic carbocycles. The lowest BCUT2D eigenvalue weighted by molar-refractivity contribution is 0.148. The highest BCUT2D eigenvalue weighted by Gasteiger charge is 2.18. The molecule has 2 atom stereocenters. The molecule has 1 aromatic heterocycles. The van der Waals surface area contributed by atoms with Crippen LogP contribution in [0.3, 0.4) is 0 Å². The monoisotopic (exact) mass is 385 g/mol. The molecule has 0 radical (unpaired) electrons. The van der Waals surface area contributed by atoms with Crippen molar-refractivity contribution in [3.05, 3.63) is 29.3 Å². The molecule has 102 valence electrons. The molecule has 3 nitrogen and oxygen atoms in total. The Morgan fingerprint density at radius 2 is 2.28 bits per heavy atom. The first-order valence-corrected chi connectivity index (χ1v) is 9.90. The normalized spacial score (nSPS) is 13.7. The summed E-state index contributed by atoms with van der Waals surface area (Å²) in [5, 5.41) is 9.95. The van der Waals surface area contributed by atoms with Gasteiger partial charge in [0, 0.05) is 6.20 Å². The third-order valence-electron chi connectivity index (χ3n) is 2.66. The molecule has 0 saturated carbocycles. The van der Waals surface area contributed by atoms with Crippen molar-refractivity contribution in [2.24, 2.45) is 0 Å². The minimum atomic E-state index is -0.857. The van der Waals surface area contributed by atoms with Crippen LogP contribution in [-0.2, 0) is 4.52 Å². The van der Waals surface area contributed by atoms with Gasteiger partial charge in [0.05, 0.1) is 19.2 Å². The molecule has 0 aliphatic rings. The minimum absolute atomic E-state index is 0.0857. The summed E-state index contributed by atoms with van der Waals surface area (Å²) in [6.07, 6.45) is 1.86. The van der Waals surface area contributed by atoms with E-state index in [2.05, 4.69) is 27.0 Å². The summed E-state index contributed by atoms with van der Waals surface area (Å²) in [5.74, 6) is -0.292. The van der Waals surface area contributed by atoms with E-state index in [0.717, 1.165) is 0 Å². The van der Waals surface area contributed by atoms with E-state index in [1.807, 2.05) is 13.8 Å². The number of nitrogens with zero attached hydrogens (tertiary/aromatic N) is 1. The summed E-state index contributed by atoms with van der Waals surface area (Å²) in [7, 11) is 0. The van der Waals surface area contributed by atoms with Crippen molar-refractivity contribution in [2.45, 2.75) is 38.7 Å². The first-order valence-electron chi connectivity index (χ1n) is 5.87. The number of hydrogen-bond donors (Lipinski definition) is 1. The summed E-state index contributed by atoms with van der Waals surface area (Å²) < 4.78 is 19.3. The maximum Gasteiger partial charge on any atom is 0.150 e. The van der Waals surface area contributed by atoms with Crippen LogP contribution >= 0.6 is 28.5 Å². The second-order valence-corrected chi connectivity index (χ2v) is 6.10. The Morgan fingerprint density at radius 3 is 2.89 bits per heavy atom. The SMILES string of the molecule is CC(C)c1ccnc(C(O)CCCOPI)c1F. The van der Waals surface area contributed by atoms with Crippen molar-refractivity contribution in [2.75, 3.05) is 6.61 Å². The largest absolute Gasteiger partial charge is 0.387 e. The van der Waals surface area contributed by atoms with Crippen LogP contribution in [0.15, 0.2) is 12.3 Å². The summed E-state index contributed by atoms with van der Waals surface area (Å²) in [6, 6.07) is 1.66. The Labute approximate surface area is 122 Å². The molecule has 0 aliphatic carbocycles. The minimum Gasteiger partial charge on any atom is -0.387 e. The lowest BCUT2D eigenvalue weighted by atomic mass is 10.0. The van der Waals surface area contributed by atoms with E-state index < -0.39 is 6.10 Å². The first kappa shape index (κ1) is 16.2. The Kier molecular flexibility index (Phi) is 7.53. The smallest absolute Gasteiger partial charge is 0.150 e. The van der Waals surface area contributed by atoms with Gasteiger partial charge in [-0.1, -0.05) is 13.8 Å². The molecular formula is C12H18FINO2P. The molecule has 1 heterocycles. The average Bonchev–Trinajstić information content (AvgIpc) is 2.34. The number of aliphatic hydroxyl groups is 1. The fourth-order valence-corrected chi connectivity index (χ4v) is 2.56. The van der Waals surface area contributed by atoms with Gasteiger partial charge >= 0.3 is 0 Å². The van der Waals surface area contributed by atoms with Gasteiger partial charge in [0.1, 0.15) is 5.69 Å². The van der Waals surface area contributed by atoms with Crippen molar-refractivity contribution in [3.8, 4) is 0 Å². The molecule has 2 unspecified atom stereocenters. The molecular weight excluding hydrogens is 367 g/mol. The number of rotatable bonds is 7. The van der Waals surface area contributed by atoms with Gasteiger partial charge in [0.25, 0.3) is 0 Å². The second kappa shape index (κ2) is 8.35. The van der Waals surface area contributed by atoms with E-state index in [1.165, 1.54) is 0 Å². The van der Waals surface area contributed by atoms with Crippen molar-refractivity contribution in [1.82, 2.24) is 4.98 Å². The van der Waals surface area contributed by atoms with Crippen molar-refractivity contribution in [1.29, 1.82) is 0 Å². The van der Waals surface area contributed by atoms with Crippen molar-refractivity contribution in [3.63, 3.8) is 0 Å². The third kappa shape index (κ3) is 4.68. The maximum absolute atomic E-state index is 14.1. The van der Waals surface area contributed by atoms with Crippen LogP contribution in [0.5, 0.6) is 0 Å². The Balaban J connectivity index is 2.67. The summed E-state index contributed by atoms with van der Waals surface area (Å²) in [5.41, 5.74) is 0.752. The predicted molar refractivity (Wildman–Crippen MR) is 80.8 cm³/mol. The Hall–Kier alpha value is 0.160. The standard InChI is InChI=1S/C12H18FINO2P/c1-8(2)9-5-6-15-12(11(9)13)10(16)4-3-7-17-18-14/h5-6,8,10,16,18H,3-4,7H2,1-2H3. The Bertz CT molecular complexity index is 379. The van der Waals surface area contributed by atoms with Gasteiger partial charge in [0.2, 0.25) is 0 Å². The molecule has 0 amide bonds. The number of halogens is 2. The van der Waals surface area contributed by atoms with Crippen LogP contribution < -0.4 is 0 Å². The molecule has 1 aromatic rings. The van der Waals surface area contributed by atoms with Crippen molar-refractivity contribution >= 4 is 28.5 Å². The zero-order valence-electron chi connectivity index (χ0n) is 10.5. The van der Waals surface area contributed by atoms with Crippen LogP contribution in [0.4, 0.5) is 4.39 Å². The van der Waals surface area contributed by atoms with Crippen LogP contribution in [0.2, 0.25) is 0 Å². The molecule has 0 saturated heterocycles. The average molecular weight is 385 g/mol. The highest BCUT2D eigenvalue weighted by Crippen LogP contribution is 2.26. The maximum atomic E-state index is 14.1. The van der Waals surface area contributed by atoms with Crippen LogP contribution in [0.25, 0.3) is 0 Å². The first-order chi connectivity index (χ1) is 8.57. The van der Waals surface area contributed by atoms with E-state index in [-0.39, 0.29) is 17.4 Å². The van der Waals surface area contributed by atoms with E-state index in [0.29, 0.717) is 31.5 Å². The van der Waals surface area contributed by atoms with Gasteiger partial charge < -0.3 is 9.63 Å². The topological polar surface area (TPSA) is 42.4 Å². The van der Waals surface area contributed by atoms with E-state index in [1.54, 1.807) is 12.3 Å². The third-order valence-corrected chi connectivity index (χ3v) is 3.91. The lowest BCUT2D eigenvalue weighted by Gasteiger charge is -2.14. The summed E-state index contributed by atoms with van der Waals surface area (Å²) in [4.78, 5) is 3.95. The van der Waals surface area contributed by atoms with Gasteiger partial charge in [0.15, 0.2) is 5.82 Å². The molecule has 0 fully saturated rings. The second-order valence-electron chi connectivity index (χ2n) is 4.34. The number of pyridine rings is 1. The quantitative estimate of drug-likeness (QED) is 0.436. The van der Waals surface area contributed by atoms with Crippen molar-refractivity contribution < 1.29 is 14.0 Å².